The van der Waals surface area contributed by atoms with Crippen molar-refractivity contribution in [2.75, 3.05) is 6.54 Å². The predicted molar refractivity (Wildman–Crippen MR) is 64.1 cm³/mol. The van der Waals surface area contributed by atoms with Crippen LogP contribution in [-0.4, -0.2) is 23.0 Å². The van der Waals surface area contributed by atoms with Crippen LogP contribution in [0.15, 0.2) is 24.4 Å². The standard InChI is InChI=1S/C12H19N3O/c1-3-12(2,7-8-13)15-11(16)10-6-4-5-9-14-10/h4-6,9H,3,7-8,13H2,1-2H3,(H,15,16). The Labute approximate surface area is 96.3 Å². The van der Waals surface area contributed by atoms with E-state index < -0.39 is 0 Å². The molecule has 1 atom stereocenters. The fourth-order valence-electron chi connectivity index (χ4n) is 1.48. The Morgan fingerprint density at radius 1 is 1.56 bits per heavy atom. The maximum atomic E-state index is 11.9. The molecule has 0 aliphatic heterocycles. The van der Waals surface area contributed by atoms with Crippen molar-refractivity contribution < 1.29 is 4.79 Å². The van der Waals surface area contributed by atoms with E-state index in [9.17, 15) is 4.79 Å². The van der Waals surface area contributed by atoms with E-state index >= 15 is 0 Å². The first-order valence-corrected chi connectivity index (χ1v) is 5.55. The molecule has 0 fully saturated rings. The number of nitrogens with one attached hydrogen (secondary N) is 1. The molecule has 4 nitrogen and oxygen atoms in total. The summed E-state index contributed by atoms with van der Waals surface area (Å²) >= 11 is 0. The van der Waals surface area contributed by atoms with Crippen LogP contribution >= 0.6 is 0 Å². The highest BCUT2D eigenvalue weighted by molar-refractivity contribution is 5.92. The summed E-state index contributed by atoms with van der Waals surface area (Å²) in [5.41, 5.74) is 5.73. The fraction of sp³-hybridized carbons (Fsp3) is 0.500. The first-order chi connectivity index (χ1) is 7.61. The van der Waals surface area contributed by atoms with Gasteiger partial charge in [-0.1, -0.05) is 13.0 Å². The molecule has 4 heteroatoms. The Morgan fingerprint density at radius 2 is 2.31 bits per heavy atom. The third-order valence-electron chi connectivity index (χ3n) is 2.79. The average Bonchev–Trinajstić information content (AvgIpc) is 2.30. The van der Waals surface area contributed by atoms with Crippen molar-refractivity contribution in [3.8, 4) is 0 Å². The van der Waals surface area contributed by atoms with Gasteiger partial charge in [-0.3, -0.25) is 9.78 Å². The number of amides is 1. The highest BCUT2D eigenvalue weighted by atomic mass is 16.2. The van der Waals surface area contributed by atoms with Gasteiger partial charge < -0.3 is 11.1 Å². The topological polar surface area (TPSA) is 68.0 Å². The molecule has 16 heavy (non-hydrogen) atoms. The molecular formula is C12H19N3O. The van der Waals surface area contributed by atoms with Gasteiger partial charge in [-0.05, 0) is 38.4 Å². The van der Waals surface area contributed by atoms with Crippen molar-refractivity contribution in [1.82, 2.24) is 10.3 Å². The van der Waals surface area contributed by atoms with Gasteiger partial charge in [0.2, 0.25) is 0 Å². The summed E-state index contributed by atoms with van der Waals surface area (Å²) in [5.74, 6) is -0.140. The second-order valence-electron chi connectivity index (χ2n) is 4.12. The normalized spacial score (nSPS) is 14.2. The largest absolute Gasteiger partial charge is 0.346 e. The first-order valence-electron chi connectivity index (χ1n) is 5.55. The van der Waals surface area contributed by atoms with Gasteiger partial charge in [0.15, 0.2) is 0 Å². The summed E-state index contributed by atoms with van der Waals surface area (Å²) in [6.45, 7) is 4.60. The molecule has 1 aromatic rings. The molecular weight excluding hydrogens is 202 g/mol. The number of nitrogens with zero attached hydrogens (tertiary/aromatic N) is 1. The summed E-state index contributed by atoms with van der Waals surface area (Å²) in [6.07, 6.45) is 3.23. The number of nitrogens with two attached hydrogens (primary N) is 1. The zero-order chi connectivity index (χ0) is 12.0. The van der Waals surface area contributed by atoms with Crippen molar-refractivity contribution >= 4 is 5.91 Å². The van der Waals surface area contributed by atoms with Gasteiger partial charge in [0.1, 0.15) is 5.69 Å². The second-order valence-corrected chi connectivity index (χ2v) is 4.12. The molecule has 88 valence electrons. The van der Waals surface area contributed by atoms with Gasteiger partial charge in [-0.15, -0.1) is 0 Å². The van der Waals surface area contributed by atoms with Gasteiger partial charge >= 0.3 is 0 Å². The molecule has 1 rings (SSSR count). The van der Waals surface area contributed by atoms with E-state index in [0.717, 1.165) is 12.8 Å². The molecule has 0 radical (unpaired) electrons. The van der Waals surface area contributed by atoms with E-state index in [4.69, 9.17) is 5.73 Å². The van der Waals surface area contributed by atoms with Crippen LogP contribution < -0.4 is 11.1 Å². The molecule has 1 heterocycles. The van der Waals surface area contributed by atoms with E-state index in [0.29, 0.717) is 12.2 Å². The zero-order valence-electron chi connectivity index (χ0n) is 9.86. The van der Waals surface area contributed by atoms with E-state index in [2.05, 4.69) is 10.3 Å². The number of aromatic nitrogens is 1. The SMILES string of the molecule is CCC(C)(CCN)NC(=O)c1ccccn1. The van der Waals surface area contributed by atoms with Crippen molar-refractivity contribution in [3.63, 3.8) is 0 Å². The van der Waals surface area contributed by atoms with Crippen LogP contribution in [-0.2, 0) is 0 Å². The molecule has 0 saturated carbocycles. The minimum Gasteiger partial charge on any atom is -0.346 e. The van der Waals surface area contributed by atoms with Gasteiger partial charge in [-0.2, -0.15) is 0 Å². The smallest absolute Gasteiger partial charge is 0.270 e. The minimum absolute atomic E-state index is 0.140. The third-order valence-corrected chi connectivity index (χ3v) is 2.79. The molecule has 0 spiro atoms. The Hall–Kier alpha value is -1.42. The summed E-state index contributed by atoms with van der Waals surface area (Å²) in [4.78, 5) is 15.9. The lowest BCUT2D eigenvalue weighted by Crippen LogP contribution is -2.47. The van der Waals surface area contributed by atoms with E-state index in [1.807, 2.05) is 13.8 Å². The number of carbonyl (C=O) groups is 1. The maximum absolute atomic E-state index is 11.9. The molecule has 0 aromatic carbocycles. The Bertz CT molecular complexity index is 339. The van der Waals surface area contributed by atoms with Crippen LogP contribution in [0, 0.1) is 0 Å². The van der Waals surface area contributed by atoms with Crippen LogP contribution in [0.25, 0.3) is 0 Å². The Kier molecular flexibility index (Phi) is 4.43. The van der Waals surface area contributed by atoms with Gasteiger partial charge in [-0.25, -0.2) is 0 Å². The van der Waals surface area contributed by atoms with Crippen LogP contribution in [0.2, 0.25) is 0 Å². The summed E-state index contributed by atoms with van der Waals surface area (Å²) < 4.78 is 0. The quantitative estimate of drug-likeness (QED) is 0.788. The maximum Gasteiger partial charge on any atom is 0.270 e. The van der Waals surface area contributed by atoms with Crippen LogP contribution in [0.5, 0.6) is 0 Å². The van der Waals surface area contributed by atoms with Crippen LogP contribution in [0.4, 0.5) is 0 Å². The van der Waals surface area contributed by atoms with E-state index in [1.54, 1.807) is 24.4 Å². The first kappa shape index (κ1) is 12.6. The summed E-state index contributed by atoms with van der Waals surface area (Å²) in [5, 5.41) is 2.98. The third kappa shape index (κ3) is 3.31. The van der Waals surface area contributed by atoms with Crippen molar-refractivity contribution in [1.29, 1.82) is 0 Å². The van der Waals surface area contributed by atoms with Gasteiger partial charge in [0, 0.05) is 11.7 Å². The fourth-order valence-corrected chi connectivity index (χ4v) is 1.48. The number of carbonyl (C=O) groups excluding carboxylic acids is 1. The van der Waals surface area contributed by atoms with Gasteiger partial charge in [0.05, 0.1) is 0 Å². The number of hydrogen-bond acceptors (Lipinski definition) is 3. The lowest BCUT2D eigenvalue weighted by Gasteiger charge is -2.29. The monoisotopic (exact) mass is 221 g/mol. The average molecular weight is 221 g/mol. The van der Waals surface area contributed by atoms with Crippen molar-refractivity contribution in [2.45, 2.75) is 32.2 Å². The summed E-state index contributed by atoms with van der Waals surface area (Å²) in [6, 6.07) is 5.29. The molecule has 1 unspecified atom stereocenters. The number of hydrogen-bond donors (Lipinski definition) is 2. The van der Waals surface area contributed by atoms with Crippen LogP contribution in [0.1, 0.15) is 37.2 Å². The molecule has 1 aromatic heterocycles. The second kappa shape index (κ2) is 5.61. The molecule has 0 aliphatic rings. The van der Waals surface area contributed by atoms with Crippen molar-refractivity contribution in [2.24, 2.45) is 5.73 Å². The van der Waals surface area contributed by atoms with Crippen LogP contribution in [0.3, 0.4) is 0 Å². The van der Waals surface area contributed by atoms with E-state index in [1.165, 1.54) is 0 Å². The molecule has 0 aliphatic carbocycles. The lowest BCUT2D eigenvalue weighted by atomic mass is 9.94. The molecule has 1 amide bonds. The molecule has 0 bridgehead atoms. The number of pyridine rings is 1. The predicted octanol–water partition coefficient (Wildman–Crippen LogP) is 1.33. The molecule has 3 N–H and O–H groups in total. The zero-order valence-corrected chi connectivity index (χ0v) is 9.86. The van der Waals surface area contributed by atoms with Gasteiger partial charge in [0.25, 0.3) is 5.91 Å². The Balaban J connectivity index is 2.70. The van der Waals surface area contributed by atoms with E-state index in [-0.39, 0.29) is 11.4 Å². The lowest BCUT2D eigenvalue weighted by molar-refractivity contribution is 0.0895. The molecule has 0 saturated heterocycles. The Morgan fingerprint density at radius 3 is 2.81 bits per heavy atom. The minimum atomic E-state index is -0.247. The number of rotatable bonds is 5. The van der Waals surface area contributed by atoms with Crippen molar-refractivity contribution in [3.05, 3.63) is 30.1 Å². The summed E-state index contributed by atoms with van der Waals surface area (Å²) in [7, 11) is 0. The highest BCUT2D eigenvalue weighted by Gasteiger charge is 2.24. The highest BCUT2D eigenvalue weighted by Crippen LogP contribution is 2.14.